The largest absolute Gasteiger partial charge is 0.373 e. The van der Waals surface area contributed by atoms with Gasteiger partial charge < -0.3 is 4.74 Å². The molecule has 6 heteroatoms. The van der Waals surface area contributed by atoms with Gasteiger partial charge in [-0.1, -0.05) is 26.7 Å². The van der Waals surface area contributed by atoms with Crippen molar-refractivity contribution in [2.24, 2.45) is 5.92 Å². The summed E-state index contributed by atoms with van der Waals surface area (Å²) in [5, 5.41) is 0. The lowest BCUT2D eigenvalue weighted by atomic mass is 10.0. The van der Waals surface area contributed by atoms with Gasteiger partial charge in [-0.2, -0.15) is 17.4 Å². The molecule has 0 aromatic rings. The highest BCUT2D eigenvalue weighted by Gasteiger charge is 2.31. The summed E-state index contributed by atoms with van der Waals surface area (Å²) in [6.07, 6.45) is 2.97. The quantitative estimate of drug-likeness (QED) is 0.784. The van der Waals surface area contributed by atoms with E-state index in [0.29, 0.717) is 19.0 Å². The molecule has 1 rings (SSSR count). The summed E-state index contributed by atoms with van der Waals surface area (Å²) < 4.78 is 34.5. The predicted molar refractivity (Wildman–Crippen MR) is 81.8 cm³/mol. The highest BCUT2D eigenvalue weighted by molar-refractivity contribution is 7.87. The van der Waals surface area contributed by atoms with E-state index in [2.05, 4.69) is 18.6 Å². The van der Waals surface area contributed by atoms with Crippen LogP contribution in [0.5, 0.6) is 0 Å². The highest BCUT2D eigenvalue weighted by Crippen LogP contribution is 2.15. The Hall–Kier alpha value is -0.170. The Labute approximate surface area is 124 Å². The summed E-state index contributed by atoms with van der Waals surface area (Å²) in [6, 6.07) is -0.0211. The number of rotatable bonds is 7. The zero-order chi connectivity index (χ0) is 15.3. The van der Waals surface area contributed by atoms with E-state index in [9.17, 15) is 8.42 Å². The Kier molecular flexibility index (Phi) is 6.91. The van der Waals surface area contributed by atoms with E-state index < -0.39 is 10.2 Å². The molecule has 0 bridgehead atoms. The lowest BCUT2D eigenvalue weighted by Crippen LogP contribution is -2.53. The van der Waals surface area contributed by atoms with E-state index in [1.54, 1.807) is 0 Å². The maximum absolute atomic E-state index is 12.3. The Bertz CT molecular complexity index is 374. The first-order valence-corrected chi connectivity index (χ1v) is 9.07. The van der Waals surface area contributed by atoms with Crippen LogP contribution in [0.1, 0.15) is 53.9 Å². The third-order valence-corrected chi connectivity index (χ3v) is 5.17. The molecule has 1 N–H and O–H groups in total. The average Bonchev–Trinajstić information content (AvgIpc) is 2.26. The number of nitrogens with zero attached hydrogens (tertiary/aromatic N) is 1. The average molecular weight is 306 g/mol. The van der Waals surface area contributed by atoms with Crippen molar-refractivity contribution in [2.45, 2.75) is 72.1 Å². The van der Waals surface area contributed by atoms with Gasteiger partial charge in [-0.3, -0.25) is 0 Å². The standard InChI is InChI=1S/C14H30N2O3S/c1-11(2)7-6-8-12(3)15-20(17,18)16-9-13(4)19-14(5)10-16/h11-15H,6-10H2,1-5H3. The molecule has 0 aromatic carbocycles. The van der Waals surface area contributed by atoms with Gasteiger partial charge in [-0.15, -0.1) is 0 Å². The number of hydrogen-bond acceptors (Lipinski definition) is 3. The second-order valence-electron chi connectivity index (χ2n) is 6.42. The minimum atomic E-state index is -3.40. The molecule has 5 nitrogen and oxygen atoms in total. The number of hydrogen-bond donors (Lipinski definition) is 1. The molecule has 0 amide bonds. The van der Waals surface area contributed by atoms with Crippen molar-refractivity contribution in [1.29, 1.82) is 0 Å². The van der Waals surface area contributed by atoms with Gasteiger partial charge in [0.25, 0.3) is 10.2 Å². The summed E-state index contributed by atoms with van der Waals surface area (Å²) >= 11 is 0. The van der Waals surface area contributed by atoms with Crippen LogP contribution < -0.4 is 4.72 Å². The van der Waals surface area contributed by atoms with Crippen molar-refractivity contribution in [3.05, 3.63) is 0 Å². The lowest BCUT2D eigenvalue weighted by molar-refractivity contribution is -0.0444. The van der Waals surface area contributed by atoms with Crippen LogP contribution in [-0.2, 0) is 14.9 Å². The van der Waals surface area contributed by atoms with Crippen molar-refractivity contribution in [3.8, 4) is 0 Å². The third-order valence-electron chi connectivity index (χ3n) is 3.49. The Morgan fingerprint density at radius 2 is 1.70 bits per heavy atom. The summed E-state index contributed by atoms with van der Waals surface area (Å²) in [5.41, 5.74) is 0. The Morgan fingerprint density at radius 1 is 1.15 bits per heavy atom. The molecule has 1 aliphatic heterocycles. The normalized spacial score (nSPS) is 26.9. The molecule has 0 aliphatic carbocycles. The van der Waals surface area contributed by atoms with E-state index in [-0.39, 0.29) is 18.2 Å². The van der Waals surface area contributed by atoms with E-state index >= 15 is 0 Å². The van der Waals surface area contributed by atoms with Gasteiger partial charge in [-0.25, -0.2) is 0 Å². The van der Waals surface area contributed by atoms with Gasteiger partial charge in [0, 0.05) is 19.1 Å². The molecule has 120 valence electrons. The molecule has 0 aromatic heterocycles. The van der Waals surface area contributed by atoms with Crippen LogP contribution in [0.15, 0.2) is 0 Å². The minimum absolute atomic E-state index is 0.0211. The van der Waals surface area contributed by atoms with Crippen LogP contribution in [0.25, 0.3) is 0 Å². The summed E-state index contributed by atoms with van der Waals surface area (Å²) in [6.45, 7) is 11.0. The van der Waals surface area contributed by atoms with Gasteiger partial charge in [-0.05, 0) is 33.1 Å². The molecule has 3 atom stereocenters. The zero-order valence-corrected chi connectivity index (χ0v) is 14.2. The maximum Gasteiger partial charge on any atom is 0.279 e. The molecule has 0 radical (unpaired) electrons. The van der Waals surface area contributed by atoms with Crippen LogP contribution >= 0.6 is 0 Å². The summed E-state index contributed by atoms with van der Waals surface area (Å²) in [7, 11) is -3.40. The molecule has 1 aliphatic rings. The number of nitrogens with one attached hydrogen (secondary N) is 1. The highest BCUT2D eigenvalue weighted by atomic mass is 32.2. The monoisotopic (exact) mass is 306 g/mol. The molecule has 0 spiro atoms. The van der Waals surface area contributed by atoms with Crippen LogP contribution in [0.3, 0.4) is 0 Å². The predicted octanol–water partition coefficient (Wildman–Crippen LogP) is 2.14. The topological polar surface area (TPSA) is 58.6 Å². The first kappa shape index (κ1) is 17.9. The van der Waals surface area contributed by atoms with Crippen LogP contribution in [0.4, 0.5) is 0 Å². The molecule has 0 saturated carbocycles. The minimum Gasteiger partial charge on any atom is -0.373 e. The lowest BCUT2D eigenvalue weighted by Gasteiger charge is -2.35. The smallest absolute Gasteiger partial charge is 0.279 e. The zero-order valence-electron chi connectivity index (χ0n) is 13.4. The molecule has 1 fully saturated rings. The SMILES string of the molecule is CC(C)CCCC(C)NS(=O)(=O)N1CC(C)OC(C)C1. The molecule has 20 heavy (non-hydrogen) atoms. The van der Waals surface area contributed by atoms with Gasteiger partial charge in [0.15, 0.2) is 0 Å². The van der Waals surface area contributed by atoms with Crippen molar-refractivity contribution in [1.82, 2.24) is 9.03 Å². The Morgan fingerprint density at radius 3 is 2.20 bits per heavy atom. The molecular weight excluding hydrogens is 276 g/mol. The molecular formula is C14H30N2O3S. The van der Waals surface area contributed by atoms with Crippen LogP contribution in [0.2, 0.25) is 0 Å². The molecule has 1 saturated heterocycles. The fraction of sp³-hybridized carbons (Fsp3) is 1.00. The molecule has 3 unspecified atom stereocenters. The van der Waals surface area contributed by atoms with Crippen molar-refractivity contribution >= 4 is 10.2 Å². The first-order chi connectivity index (χ1) is 9.20. The van der Waals surface area contributed by atoms with Gasteiger partial charge in [0.1, 0.15) is 0 Å². The number of ether oxygens (including phenoxy) is 1. The van der Waals surface area contributed by atoms with E-state index in [0.717, 1.165) is 19.3 Å². The van der Waals surface area contributed by atoms with Crippen LogP contribution in [-0.4, -0.2) is 44.1 Å². The van der Waals surface area contributed by atoms with Gasteiger partial charge in [0.2, 0.25) is 0 Å². The Balaban J connectivity index is 2.47. The van der Waals surface area contributed by atoms with E-state index in [1.165, 1.54) is 4.31 Å². The van der Waals surface area contributed by atoms with Crippen molar-refractivity contribution in [3.63, 3.8) is 0 Å². The third kappa shape index (κ3) is 6.08. The molecule has 1 heterocycles. The summed E-state index contributed by atoms with van der Waals surface area (Å²) in [5.74, 6) is 0.666. The van der Waals surface area contributed by atoms with Crippen LogP contribution in [0, 0.1) is 5.92 Å². The van der Waals surface area contributed by atoms with Gasteiger partial charge in [0.05, 0.1) is 12.2 Å². The fourth-order valence-electron chi connectivity index (χ4n) is 2.55. The summed E-state index contributed by atoms with van der Waals surface area (Å²) in [4.78, 5) is 0. The first-order valence-electron chi connectivity index (χ1n) is 7.63. The van der Waals surface area contributed by atoms with Crippen molar-refractivity contribution in [2.75, 3.05) is 13.1 Å². The fourth-order valence-corrected chi connectivity index (χ4v) is 4.13. The van der Waals surface area contributed by atoms with Crippen molar-refractivity contribution < 1.29 is 13.2 Å². The second kappa shape index (κ2) is 7.73. The maximum atomic E-state index is 12.3. The number of morpholine rings is 1. The van der Waals surface area contributed by atoms with E-state index in [1.807, 2.05) is 20.8 Å². The second-order valence-corrected chi connectivity index (χ2v) is 8.13. The van der Waals surface area contributed by atoms with Gasteiger partial charge >= 0.3 is 0 Å². The van der Waals surface area contributed by atoms with E-state index in [4.69, 9.17) is 4.74 Å².